The van der Waals surface area contributed by atoms with Gasteiger partial charge in [0, 0.05) is 40.3 Å². The Morgan fingerprint density at radius 1 is 0.618 bits per heavy atom. The summed E-state index contributed by atoms with van der Waals surface area (Å²) < 4.78 is 2.44. The molecule has 1 heterocycles. The Morgan fingerprint density at radius 3 is 1.97 bits per heavy atom. The Labute approximate surface area is 407 Å². The van der Waals surface area contributed by atoms with Crippen LogP contribution in [0.4, 0.5) is 11.4 Å². The fraction of sp³-hybridized carbons (Fsp3) is 0.182. The van der Waals surface area contributed by atoms with Crippen molar-refractivity contribution in [1.29, 1.82) is 0 Å². The molecule has 0 aliphatic heterocycles. The molecule has 7 aromatic carbocycles. The molecule has 0 radical (unpaired) electrons. The lowest BCUT2D eigenvalue weighted by Crippen LogP contribution is -2.17. The fourth-order valence-corrected chi connectivity index (χ4v) is 9.35. The maximum Gasteiger partial charge on any atom is 0.0538 e. The van der Waals surface area contributed by atoms with Crippen LogP contribution in [0.1, 0.15) is 79.0 Å². The van der Waals surface area contributed by atoms with E-state index in [-0.39, 0.29) is 5.41 Å². The molecular formula is C66H68N2. The van der Waals surface area contributed by atoms with Crippen molar-refractivity contribution in [2.24, 2.45) is 0 Å². The van der Waals surface area contributed by atoms with E-state index < -0.39 is 0 Å². The van der Waals surface area contributed by atoms with Gasteiger partial charge in [0.2, 0.25) is 0 Å². The number of aryl methyl sites for hydroxylation is 4. The maximum atomic E-state index is 4.01. The van der Waals surface area contributed by atoms with Crippen LogP contribution in [0, 0.1) is 27.7 Å². The van der Waals surface area contributed by atoms with Gasteiger partial charge in [0.1, 0.15) is 0 Å². The van der Waals surface area contributed by atoms with Crippen molar-refractivity contribution >= 4 is 50.5 Å². The summed E-state index contributed by atoms with van der Waals surface area (Å²) in [7, 11) is 2.11. The van der Waals surface area contributed by atoms with Crippen LogP contribution in [0.15, 0.2) is 219 Å². The summed E-state index contributed by atoms with van der Waals surface area (Å²) in [6.45, 7) is 23.2. The first-order valence-electron chi connectivity index (χ1n) is 24.1. The minimum atomic E-state index is -0.0475. The van der Waals surface area contributed by atoms with Crippen molar-refractivity contribution in [3.8, 4) is 11.1 Å². The number of aromatic nitrogens is 1. The van der Waals surface area contributed by atoms with E-state index in [4.69, 9.17) is 0 Å². The number of fused-ring (bicyclic) bond motifs is 4. The number of rotatable bonds is 8. The number of allylic oxidation sites excluding steroid dienone is 9. The third kappa shape index (κ3) is 10.9. The van der Waals surface area contributed by atoms with E-state index in [1.165, 1.54) is 100 Å². The van der Waals surface area contributed by atoms with E-state index in [2.05, 4.69) is 248 Å². The zero-order chi connectivity index (χ0) is 48.2. The Morgan fingerprint density at radius 2 is 1.31 bits per heavy atom. The van der Waals surface area contributed by atoms with Crippen molar-refractivity contribution in [3.05, 3.63) is 258 Å². The van der Waals surface area contributed by atoms with Gasteiger partial charge >= 0.3 is 0 Å². The highest BCUT2D eigenvalue weighted by molar-refractivity contribution is 6.11. The van der Waals surface area contributed by atoms with E-state index in [1.54, 1.807) is 0 Å². The summed E-state index contributed by atoms with van der Waals surface area (Å²) in [5.41, 5.74) is 20.6. The number of anilines is 2. The van der Waals surface area contributed by atoms with Gasteiger partial charge in [0.05, 0.1) is 11.0 Å². The van der Waals surface area contributed by atoms with Gasteiger partial charge in [-0.1, -0.05) is 203 Å². The second kappa shape index (κ2) is 22.4. The van der Waals surface area contributed by atoms with Crippen molar-refractivity contribution in [3.63, 3.8) is 0 Å². The fourth-order valence-electron chi connectivity index (χ4n) is 9.35. The lowest BCUT2D eigenvalue weighted by molar-refractivity contribution is 0.654. The standard InChI is InChI=1S/C25H21N.C22H23N.C12H16.C7H8/c1-18-9-5-6-12-21(18)19-15-16-25-23(17-19)22-13-7-8-14-24(22)26(25)20-10-3-2-4-11-20;1-6-18-19-14-13-17(23(5)16-11-9-8-10-12-16)15-21(19)22(3,4)20(18)7-2;1-4-5-6-12-9-10(2)7-8-11(12)3;1-7-5-3-2-4-6-7/h2-3,5-10,12-17H,4,11H2,1H3;6-15H,1-2H2,3-5H3;5-9H,4H2,1-3H3;2-6H,1H3/b;;6-5-;. The molecule has 0 fully saturated rings. The Bertz CT molecular complexity index is 3150. The van der Waals surface area contributed by atoms with Crippen molar-refractivity contribution < 1.29 is 0 Å². The highest BCUT2D eigenvalue weighted by Gasteiger charge is 2.35. The molecule has 0 saturated carbocycles. The molecule has 0 atom stereocenters. The maximum absolute atomic E-state index is 4.01. The average Bonchev–Trinajstić information content (AvgIpc) is 3.82. The first-order valence-corrected chi connectivity index (χ1v) is 24.1. The second-order valence-electron chi connectivity index (χ2n) is 18.3. The number of benzene rings is 7. The lowest BCUT2D eigenvalue weighted by atomic mass is 9.81. The van der Waals surface area contributed by atoms with Crippen molar-refractivity contribution in [2.75, 3.05) is 11.9 Å². The molecule has 0 N–H and O–H groups in total. The summed E-state index contributed by atoms with van der Waals surface area (Å²) in [5.74, 6) is 0. The van der Waals surface area contributed by atoms with Crippen LogP contribution in [-0.2, 0) is 5.41 Å². The van der Waals surface area contributed by atoms with Crippen LogP contribution in [0.3, 0.4) is 0 Å². The average molecular weight is 889 g/mol. The lowest BCUT2D eigenvalue weighted by Gasteiger charge is -2.25. The second-order valence-corrected chi connectivity index (χ2v) is 18.3. The van der Waals surface area contributed by atoms with Gasteiger partial charge in [-0.3, -0.25) is 0 Å². The third-order valence-electron chi connectivity index (χ3n) is 13.2. The zero-order valence-electron chi connectivity index (χ0n) is 41.6. The molecule has 1 aromatic heterocycles. The molecule has 0 spiro atoms. The van der Waals surface area contributed by atoms with Gasteiger partial charge in [-0.25, -0.2) is 0 Å². The van der Waals surface area contributed by atoms with Gasteiger partial charge in [-0.05, 0) is 146 Å². The van der Waals surface area contributed by atoms with Crippen LogP contribution in [-0.4, -0.2) is 11.6 Å². The largest absolute Gasteiger partial charge is 0.345 e. The minimum absolute atomic E-state index is 0.0475. The van der Waals surface area contributed by atoms with Crippen molar-refractivity contribution in [2.45, 2.75) is 73.1 Å². The molecule has 0 amide bonds. The normalized spacial score (nSPS) is 13.4. The first kappa shape index (κ1) is 48.5. The number of nitrogens with zero attached hydrogens (tertiary/aromatic N) is 2. The molecule has 10 rings (SSSR count). The summed E-state index contributed by atoms with van der Waals surface area (Å²) in [6, 6.07) is 58.2. The predicted octanol–water partition coefficient (Wildman–Crippen LogP) is 18.6. The van der Waals surface area contributed by atoms with Crippen LogP contribution >= 0.6 is 0 Å². The van der Waals surface area contributed by atoms with Crippen LogP contribution < -0.4 is 4.90 Å². The smallest absolute Gasteiger partial charge is 0.0538 e. The third-order valence-corrected chi connectivity index (χ3v) is 13.2. The van der Waals surface area contributed by atoms with E-state index in [9.17, 15) is 0 Å². The van der Waals surface area contributed by atoms with Crippen LogP contribution in [0.5, 0.6) is 0 Å². The number of hydrogen-bond acceptors (Lipinski definition) is 1. The topological polar surface area (TPSA) is 8.17 Å². The molecular weight excluding hydrogens is 821 g/mol. The number of para-hydroxylation sites is 2. The molecule has 2 aliphatic carbocycles. The summed E-state index contributed by atoms with van der Waals surface area (Å²) in [5, 5.41) is 2.66. The van der Waals surface area contributed by atoms with E-state index >= 15 is 0 Å². The highest BCUT2D eigenvalue weighted by atomic mass is 15.1. The van der Waals surface area contributed by atoms with E-state index in [1.807, 2.05) is 36.4 Å². The quantitative estimate of drug-likeness (QED) is 0.148. The summed E-state index contributed by atoms with van der Waals surface area (Å²) >= 11 is 0. The van der Waals surface area contributed by atoms with Gasteiger partial charge in [0.25, 0.3) is 0 Å². The Hall–Kier alpha value is -7.42. The van der Waals surface area contributed by atoms with Gasteiger partial charge in [0.15, 0.2) is 0 Å². The molecule has 2 aliphatic rings. The number of hydrogen-bond donors (Lipinski definition) is 0. The molecule has 2 nitrogen and oxygen atoms in total. The van der Waals surface area contributed by atoms with E-state index in [0.29, 0.717) is 0 Å². The summed E-state index contributed by atoms with van der Waals surface area (Å²) in [6.07, 6.45) is 18.3. The van der Waals surface area contributed by atoms with Crippen LogP contribution in [0.25, 0.3) is 50.3 Å². The Balaban J connectivity index is 0.000000148. The monoisotopic (exact) mass is 889 g/mol. The molecule has 342 valence electrons. The molecule has 2 heteroatoms. The highest BCUT2D eigenvalue weighted by Crippen LogP contribution is 2.48. The molecule has 0 bridgehead atoms. The SMILES string of the molecule is C=CC1=C(C=C)C(C)(C)c2cc(N(C)c3ccccc3)ccc21.CC/C=C\c1cc(C)ccc1C.Cc1ccccc1.Cc1ccccc1-c1ccc2c(c1)c1ccccc1n2C1=CC=CCC1. The zero-order valence-corrected chi connectivity index (χ0v) is 41.6. The molecule has 8 aromatic rings. The predicted molar refractivity (Wildman–Crippen MR) is 300 cm³/mol. The minimum Gasteiger partial charge on any atom is -0.345 e. The van der Waals surface area contributed by atoms with Gasteiger partial charge in [-0.2, -0.15) is 0 Å². The molecule has 0 saturated heterocycles. The van der Waals surface area contributed by atoms with Crippen LogP contribution in [0.2, 0.25) is 0 Å². The Kier molecular flexibility index (Phi) is 16.0. The molecule has 0 unspecified atom stereocenters. The van der Waals surface area contributed by atoms with Gasteiger partial charge in [-0.15, -0.1) is 0 Å². The molecule has 68 heavy (non-hydrogen) atoms. The van der Waals surface area contributed by atoms with Gasteiger partial charge < -0.3 is 9.47 Å². The summed E-state index contributed by atoms with van der Waals surface area (Å²) in [4.78, 5) is 2.22. The van der Waals surface area contributed by atoms with E-state index in [0.717, 1.165) is 19.3 Å². The van der Waals surface area contributed by atoms with Crippen molar-refractivity contribution in [1.82, 2.24) is 4.57 Å². The first-order chi connectivity index (χ1) is 33.0.